The molecule has 25 heavy (non-hydrogen) atoms. The average Bonchev–Trinajstić information content (AvgIpc) is 3.11. The molecule has 0 spiro atoms. The lowest BCUT2D eigenvalue weighted by molar-refractivity contribution is -0.120. The van der Waals surface area contributed by atoms with Gasteiger partial charge in [-0.2, -0.15) is 5.10 Å². The van der Waals surface area contributed by atoms with Crippen LogP contribution in [0.3, 0.4) is 0 Å². The molecular formula is C19H18ClN3O2. The summed E-state index contributed by atoms with van der Waals surface area (Å²) in [6, 6.07) is 16.7. The molecule has 1 amide bonds. The normalized spacial score (nSPS) is 10.5. The van der Waals surface area contributed by atoms with Crippen molar-refractivity contribution in [1.29, 1.82) is 0 Å². The second-order valence-electron chi connectivity index (χ2n) is 5.53. The molecule has 0 unspecified atom stereocenters. The van der Waals surface area contributed by atoms with E-state index < -0.39 is 0 Å². The predicted octanol–water partition coefficient (Wildman–Crippen LogP) is 3.39. The fraction of sp³-hybridized carbons (Fsp3) is 0.158. The Balaban J connectivity index is 1.55. The number of aromatic nitrogens is 2. The number of nitrogens with one attached hydrogen (secondary N) is 1. The molecule has 3 rings (SSSR count). The lowest BCUT2D eigenvalue weighted by Gasteiger charge is -2.05. The lowest BCUT2D eigenvalue weighted by Crippen LogP contribution is -2.24. The van der Waals surface area contributed by atoms with Crippen LogP contribution in [0.1, 0.15) is 11.3 Å². The molecule has 2 aromatic carbocycles. The highest BCUT2D eigenvalue weighted by Crippen LogP contribution is 2.14. The fourth-order valence-electron chi connectivity index (χ4n) is 2.37. The van der Waals surface area contributed by atoms with Crippen molar-refractivity contribution in [3.05, 3.63) is 77.1 Å². The summed E-state index contributed by atoms with van der Waals surface area (Å²) in [6.45, 7) is 0.385. The largest absolute Gasteiger partial charge is 0.497 e. The molecule has 0 bridgehead atoms. The monoisotopic (exact) mass is 355 g/mol. The van der Waals surface area contributed by atoms with Gasteiger partial charge in [0, 0.05) is 11.2 Å². The molecule has 128 valence electrons. The van der Waals surface area contributed by atoms with Crippen LogP contribution in [0.5, 0.6) is 5.75 Å². The summed E-state index contributed by atoms with van der Waals surface area (Å²) >= 11 is 5.84. The molecule has 0 aliphatic carbocycles. The standard InChI is InChI=1S/C19H18ClN3O2/c1-25-18-8-6-17(7-9-18)23-11-10-16(22-23)13-21-19(24)12-14-2-4-15(20)5-3-14/h2-11H,12-13H2,1H3,(H,21,24). The number of hydrogen-bond acceptors (Lipinski definition) is 3. The third-order valence-electron chi connectivity index (χ3n) is 3.73. The average molecular weight is 356 g/mol. The number of carbonyl (C=O) groups is 1. The highest BCUT2D eigenvalue weighted by molar-refractivity contribution is 6.30. The van der Waals surface area contributed by atoms with Crippen LogP contribution in [-0.4, -0.2) is 22.8 Å². The molecule has 0 aliphatic rings. The number of halogens is 1. The topological polar surface area (TPSA) is 56.1 Å². The van der Waals surface area contributed by atoms with Crippen molar-refractivity contribution in [3.63, 3.8) is 0 Å². The van der Waals surface area contributed by atoms with Crippen molar-refractivity contribution in [2.24, 2.45) is 0 Å². The van der Waals surface area contributed by atoms with Crippen LogP contribution in [0.15, 0.2) is 60.8 Å². The molecular weight excluding hydrogens is 338 g/mol. The summed E-state index contributed by atoms with van der Waals surface area (Å²) in [5.74, 6) is 0.743. The van der Waals surface area contributed by atoms with Gasteiger partial charge in [-0.3, -0.25) is 4.79 Å². The number of carbonyl (C=O) groups excluding carboxylic acids is 1. The van der Waals surface area contributed by atoms with Gasteiger partial charge in [-0.05, 0) is 48.0 Å². The first kappa shape index (κ1) is 17.0. The number of amides is 1. The summed E-state index contributed by atoms with van der Waals surface area (Å²) in [5, 5.41) is 8.01. The molecule has 1 heterocycles. The van der Waals surface area contributed by atoms with E-state index in [9.17, 15) is 4.79 Å². The summed E-state index contributed by atoms with van der Waals surface area (Å²) < 4.78 is 6.91. The van der Waals surface area contributed by atoms with Gasteiger partial charge in [0.1, 0.15) is 5.75 Å². The van der Waals surface area contributed by atoms with Gasteiger partial charge in [-0.25, -0.2) is 4.68 Å². The maximum atomic E-state index is 12.0. The van der Waals surface area contributed by atoms with E-state index in [1.54, 1.807) is 23.9 Å². The van der Waals surface area contributed by atoms with E-state index in [2.05, 4.69) is 10.4 Å². The molecule has 0 saturated carbocycles. The summed E-state index contributed by atoms with van der Waals surface area (Å²) in [5.41, 5.74) is 2.64. The van der Waals surface area contributed by atoms with Crippen LogP contribution >= 0.6 is 11.6 Å². The van der Waals surface area contributed by atoms with Crippen molar-refractivity contribution in [3.8, 4) is 11.4 Å². The quantitative estimate of drug-likeness (QED) is 0.737. The molecule has 1 aromatic heterocycles. The number of hydrogen-bond donors (Lipinski definition) is 1. The zero-order valence-corrected chi connectivity index (χ0v) is 14.5. The lowest BCUT2D eigenvalue weighted by atomic mass is 10.1. The van der Waals surface area contributed by atoms with Crippen molar-refractivity contribution < 1.29 is 9.53 Å². The molecule has 0 fully saturated rings. The third kappa shape index (κ3) is 4.61. The molecule has 0 radical (unpaired) electrons. The van der Waals surface area contributed by atoms with Crippen molar-refractivity contribution >= 4 is 17.5 Å². The smallest absolute Gasteiger partial charge is 0.224 e. The minimum Gasteiger partial charge on any atom is -0.497 e. The maximum Gasteiger partial charge on any atom is 0.224 e. The Kier molecular flexibility index (Phi) is 5.36. The third-order valence-corrected chi connectivity index (χ3v) is 3.98. The van der Waals surface area contributed by atoms with E-state index >= 15 is 0 Å². The van der Waals surface area contributed by atoms with E-state index in [0.717, 1.165) is 22.7 Å². The highest BCUT2D eigenvalue weighted by Gasteiger charge is 2.06. The molecule has 0 aliphatic heterocycles. The van der Waals surface area contributed by atoms with E-state index in [0.29, 0.717) is 18.0 Å². The number of nitrogens with zero attached hydrogens (tertiary/aromatic N) is 2. The van der Waals surface area contributed by atoms with Crippen molar-refractivity contribution in [1.82, 2.24) is 15.1 Å². The van der Waals surface area contributed by atoms with Crippen LogP contribution in [-0.2, 0) is 17.8 Å². The Morgan fingerprint density at radius 3 is 2.52 bits per heavy atom. The first-order chi connectivity index (χ1) is 12.1. The van der Waals surface area contributed by atoms with Gasteiger partial charge in [0.05, 0.1) is 31.5 Å². The summed E-state index contributed by atoms with van der Waals surface area (Å²) in [7, 11) is 1.63. The molecule has 0 saturated heterocycles. The first-order valence-electron chi connectivity index (χ1n) is 7.84. The maximum absolute atomic E-state index is 12.0. The SMILES string of the molecule is COc1ccc(-n2ccc(CNC(=O)Cc3ccc(Cl)cc3)n2)cc1. The Morgan fingerprint density at radius 2 is 1.84 bits per heavy atom. The molecule has 3 aromatic rings. The van der Waals surface area contributed by atoms with Crippen LogP contribution in [0.25, 0.3) is 5.69 Å². The van der Waals surface area contributed by atoms with Gasteiger partial charge in [0.2, 0.25) is 5.91 Å². The Bertz CT molecular complexity index is 842. The zero-order chi connectivity index (χ0) is 17.6. The predicted molar refractivity (Wildman–Crippen MR) is 97.1 cm³/mol. The van der Waals surface area contributed by atoms with Crippen LogP contribution < -0.4 is 10.1 Å². The number of ether oxygens (including phenoxy) is 1. The summed E-state index contributed by atoms with van der Waals surface area (Å²) in [6.07, 6.45) is 2.18. The Labute approximate surface area is 151 Å². The van der Waals surface area contributed by atoms with E-state index in [1.165, 1.54) is 0 Å². The molecule has 0 atom stereocenters. The number of methoxy groups -OCH3 is 1. The second-order valence-corrected chi connectivity index (χ2v) is 5.97. The van der Waals surface area contributed by atoms with Gasteiger partial charge >= 0.3 is 0 Å². The molecule has 1 N–H and O–H groups in total. The van der Waals surface area contributed by atoms with E-state index in [1.807, 2.05) is 48.7 Å². The van der Waals surface area contributed by atoms with E-state index in [4.69, 9.17) is 16.3 Å². The van der Waals surface area contributed by atoms with Crippen molar-refractivity contribution in [2.45, 2.75) is 13.0 Å². The van der Waals surface area contributed by atoms with Crippen LogP contribution in [0.4, 0.5) is 0 Å². The number of rotatable bonds is 6. The highest BCUT2D eigenvalue weighted by atomic mass is 35.5. The molecule has 5 nitrogen and oxygen atoms in total. The summed E-state index contributed by atoms with van der Waals surface area (Å²) in [4.78, 5) is 12.0. The van der Waals surface area contributed by atoms with Crippen molar-refractivity contribution in [2.75, 3.05) is 7.11 Å². The van der Waals surface area contributed by atoms with Gasteiger partial charge in [-0.1, -0.05) is 23.7 Å². The first-order valence-corrected chi connectivity index (χ1v) is 8.22. The van der Waals surface area contributed by atoms with Crippen LogP contribution in [0.2, 0.25) is 5.02 Å². The number of benzene rings is 2. The van der Waals surface area contributed by atoms with Gasteiger partial charge in [0.15, 0.2) is 0 Å². The van der Waals surface area contributed by atoms with E-state index in [-0.39, 0.29) is 5.91 Å². The van der Waals surface area contributed by atoms with Crippen LogP contribution in [0, 0.1) is 0 Å². The van der Waals surface area contributed by atoms with Gasteiger partial charge in [-0.15, -0.1) is 0 Å². The minimum absolute atomic E-state index is 0.0543. The Morgan fingerprint density at radius 1 is 1.12 bits per heavy atom. The van der Waals surface area contributed by atoms with Gasteiger partial charge in [0.25, 0.3) is 0 Å². The molecule has 6 heteroatoms. The zero-order valence-electron chi connectivity index (χ0n) is 13.8. The Hall–Kier alpha value is -2.79. The fourth-order valence-corrected chi connectivity index (χ4v) is 2.50. The second kappa shape index (κ2) is 7.85. The van der Waals surface area contributed by atoms with Gasteiger partial charge < -0.3 is 10.1 Å². The minimum atomic E-state index is -0.0543.